The minimum Gasteiger partial charge on any atom is -0.481 e. The number of carbonyl (C=O) groups is 2. The number of aromatic nitrogens is 4. The molecule has 67 heavy (non-hydrogen) atoms. The van der Waals surface area contributed by atoms with E-state index in [-0.39, 0.29) is 69.5 Å². The van der Waals surface area contributed by atoms with E-state index in [9.17, 15) is 25.2 Å². The lowest BCUT2D eigenvalue weighted by atomic mass is 10.0. The van der Waals surface area contributed by atoms with Crippen LogP contribution < -0.4 is 29.6 Å². The molecule has 6 aromatic rings. The predicted molar refractivity (Wildman–Crippen MR) is 244 cm³/mol. The summed E-state index contributed by atoms with van der Waals surface area (Å²) >= 11 is 14.1. The predicted octanol–water partition coefficient (Wildman–Crippen LogP) is 7.18. The molecule has 0 saturated carbocycles. The second kappa shape index (κ2) is 24.8. The summed E-state index contributed by atoms with van der Waals surface area (Å²) in [4.78, 5) is 39.3. The number of aliphatic hydroxyl groups excluding tert-OH is 1. The number of hydrogen-bond acceptors (Lipinski definition) is 15. The van der Waals surface area contributed by atoms with Gasteiger partial charge in [0.1, 0.15) is 38.6 Å². The van der Waals surface area contributed by atoms with Crippen molar-refractivity contribution in [3.8, 4) is 46.8 Å². The highest BCUT2D eigenvalue weighted by molar-refractivity contribution is 6.37. The van der Waals surface area contributed by atoms with Gasteiger partial charge in [0, 0.05) is 107 Å². The van der Waals surface area contributed by atoms with Crippen LogP contribution in [-0.4, -0.2) is 66.4 Å². The number of rotatable bonds is 25. The lowest BCUT2D eigenvalue weighted by molar-refractivity contribution is -0.139. The van der Waals surface area contributed by atoms with Crippen LogP contribution in [0.5, 0.6) is 23.5 Å². The number of aliphatic hydroxyl groups is 1. The van der Waals surface area contributed by atoms with Gasteiger partial charge in [0.05, 0.1) is 33.7 Å². The van der Waals surface area contributed by atoms with Crippen LogP contribution in [0.1, 0.15) is 63.8 Å². The number of ether oxygens (including phenoxy) is 4. The van der Waals surface area contributed by atoms with E-state index in [2.05, 4.69) is 42.7 Å². The number of carboxylic acids is 2. The van der Waals surface area contributed by atoms with Crippen molar-refractivity contribution in [1.82, 2.24) is 30.6 Å². The van der Waals surface area contributed by atoms with Gasteiger partial charge in [0.2, 0.25) is 23.5 Å². The second-order valence-electron chi connectivity index (χ2n) is 14.9. The third-order valence-electron chi connectivity index (χ3n) is 9.79. The standard InChI is InChI=1S/C48H44Cl2N8O9/c49-45-36(28-64-41-11-9-34(23-53-13-3-8-43(60)61)47(57-41)66-26-32-14-30(17-51)19-54-21-32)4-1-6-39(45)40-7-2-5-37(46(40)50)29-65-42-12-10-35(24-56-25-38(59)16-44(62)63)48(58-42)67-27-33-15-31(18-52)20-55-22-33/h1-2,4-7,9-12,14-15,19-22,38,53,56,59H,3,8,13,16,23-29H2,(H,60,61)(H,62,63)/t38-/m0/s1. The Kier molecular flexibility index (Phi) is 18.1. The first-order valence-corrected chi connectivity index (χ1v) is 21.5. The molecule has 4 heterocycles. The highest BCUT2D eigenvalue weighted by Crippen LogP contribution is 2.38. The molecule has 0 spiro atoms. The van der Waals surface area contributed by atoms with E-state index in [1.807, 2.05) is 36.4 Å². The highest BCUT2D eigenvalue weighted by atomic mass is 35.5. The highest BCUT2D eigenvalue weighted by Gasteiger charge is 2.17. The van der Waals surface area contributed by atoms with E-state index in [0.717, 1.165) is 0 Å². The number of pyridine rings is 4. The van der Waals surface area contributed by atoms with Crippen LogP contribution in [0.2, 0.25) is 10.0 Å². The third-order valence-corrected chi connectivity index (χ3v) is 10.7. The van der Waals surface area contributed by atoms with E-state index < -0.39 is 24.5 Å². The van der Waals surface area contributed by atoms with Crippen LogP contribution in [0.15, 0.2) is 97.6 Å². The van der Waals surface area contributed by atoms with Crippen molar-refractivity contribution < 1.29 is 43.9 Å². The van der Waals surface area contributed by atoms with Crippen molar-refractivity contribution in [2.45, 2.75) is 64.9 Å². The molecule has 0 radical (unpaired) electrons. The molecule has 0 bridgehead atoms. The monoisotopic (exact) mass is 946 g/mol. The number of benzene rings is 2. The molecule has 0 fully saturated rings. The number of aliphatic carboxylic acids is 2. The van der Waals surface area contributed by atoms with Crippen molar-refractivity contribution in [3.63, 3.8) is 0 Å². The van der Waals surface area contributed by atoms with E-state index in [0.29, 0.717) is 85.2 Å². The second-order valence-corrected chi connectivity index (χ2v) is 15.6. The molecule has 19 heteroatoms. The molecular formula is C48H44Cl2N8O9. The van der Waals surface area contributed by atoms with Crippen molar-refractivity contribution in [2.75, 3.05) is 13.1 Å². The molecule has 0 unspecified atom stereocenters. The molecule has 5 N–H and O–H groups in total. The van der Waals surface area contributed by atoms with Crippen LogP contribution in [0.25, 0.3) is 11.1 Å². The van der Waals surface area contributed by atoms with E-state index in [1.165, 1.54) is 12.4 Å². The fourth-order valence-corrected chi connectivity index (χ4v) is 7.04. The van der Waals surface area contributed by atoms with Crippen LogP contribution in [-0.2, 0) is 49.1 Å². The zero-order valence-electron chi connectivity index (χ0n) is 35.8. The van der Waals surface area contributed by atoms with Crippen LogP contribution >= 0.6 is 23.2 Å². The van der Waals surface area contributed by atoms with Crippen LogP contribution in [0.4, 0.5) is 0 Å². The van der Waals surface area contributed by atoms with Gasteiger partial charge in [0.25, 0.3) is 0 Å². The first-order chi connectivity index (χ1) is 32.5. The van der Waals surface area contributed by atoms with E-state index in [1.54, 1.807) is 48.8 Å². The van der Waals surface area contributed by atoms with Crippen molar-refractivity contribution in [1.29, 1.82) is 10.5 Å². The largest absolute Gasteiger partial charge is 0.481 e. The molecular weight excluding hydrogens is 903 g/mol. The van der Waals surface area contributed by atoms with Crippen molar-refractivity contribution >= 4 is 35.1 Å². The number of nitrogens with zero attached hydrogens (tertiary/aromatic N) is 6. The Balaban J connectivity index is 1.14. The summed E-state index contributed by atoms with van der Waals surface area (Å²) in [5.74, 6) is -1.00. The maximum absolute atomic E-state index is 11.0. The molecule has 1 atom stereocenters. The normalized spacial score (nSPS) is 11.2. The summed E-state index contributed by atoms with van der Waals surface area (Å²) in [6, 6.07) is 25.3. The average Bonchev–Trinajstić information content (AvgIpc) is 3.32. The summed E-state index contributed by atoms with van der Waals surface area (Å²) in [7, 11) is 0. The first-order valence-electron chi connectivity index (χ1n) is 20.8. The van der Waals surface area contributed by atoms with Gasteiger partial charge >= 0.3 is 11.9 Å². The molecule has 6 rings (SSSR count). The zero-order chi connectivity index (χ0) is 47.5. The molecule has 2 aromatic carbocycles. The molecule has 4 aromatic heterocycles. The number of nitrogens with one attached hydrogen (secondary N) is 2. The van der Waals surface area contributed by atoms with Crippen LogP contribution in [0.3, 0.4) is 0 Å². The SMILES string of the molecule is N#Cc1cncc(COc2nc(OCc3cccc(-c4cccc(COc5ccc(CNC[C@@H](O)CC(=O)O)c(OCc6cncc(C#N)c6)n5)c4Cl)c3Cl)ccc2CNCCCC(=O)O)c1. The average molecular weight is 948 g/mol. The minimum absolute atomic E-state index is 0.0218. The summed E-state index contributed by atoms with van der Waals surface area (Å²) in [6.07, 6.45) is 5.06. The first kappa shape index (κ1) is 49.1. The Labute approximate surface area is 395 Å². The molecule has 0 amide bonds. The molecule has 0 aliphatic rings. The van der Waals surface area contributed by atoms with Gasteiger partial charge in [0.15, 0.2) is 0 Å². The molecule has 17 nitrogen and oxygen atoms in total. The lowest BCUT2D eigenvalue weighted by Gasteiger charge is -2.16. The summed E-state index contributed by atoms with van der Waals surface area (Å²) in [6.45, 7) is 1.25. The Morgan fingerprint density at radius 3 is 1.63 bits per heavy atom. The van der Waals surface area contributed by atoms with Gasteiger partial charge in [-0.15, -0.1) is 0 Å². The number of nitriles is 2. The smallest absolute Gasteiger partial charge is 0.306 e. The third kappa shape index (κ3) is 14.8. The topological polar surface area (TPSA) is 255 Å². The number of hydrogen-bond donors (Lipinski definition) is 5. The summed E-state index contributed by atoms with van der Waals surface area (Å²) in [5, 5.41) is 53.6. The fourth-order valence-electron chi connectivity index (χ4n) is 6.48. The zero-order valence-corrected chi connectivity index (χ0v) is 37.3. The maximum atomic E-state index is 11.0. The number of halogens is 2. The van der Waals surface area contributed by atoms with Gasteiger partial charge in [-0.3, -0.25) is 19.6 Å². The molecule has 0 saturated heterocycles. The number of carboxylic acid groups (broad SMARTS) is 2. The Morgan fingerprint density at radius 2 is 1.15 bits per heavy atom. The quantitative estimate of drug-likeness (QED) is 0.0356. The van der Waals surface area contributed by atoms with E-state index in [4.69, 9.17) is 52.4 Å². The Bertz CT molecular complexity index is 2770. The maximum Gasteiger partial charge on any atom is 0.306 e. The van der Waals surface area contributed by atoms with Gasteiger partial charge in [-0.05, 0) is 37.2 Å². The Morgan fingerprint density at radius 1 is 0.642 bits per heavy atom. The minimum atomic E-state index is -1.12. The van der Waals surface area contributed by atoms with E-state index >= 15 is 0 Å². The van der Waals surface area contributed by atoms with Gasteiger partial charge in [-0.2, -0.15) is 20.5 Å². The van der Waals surface area contributed by atoms with Gasteiger partial charge < -0.3 is 44.9 Å². The Hall–Kier alpha value is -7.38. The lowest BCUT2D eigenvalue weighted by Crippen LogP contribution is -2.28. The van der Waals surface area contributed by atoms with Crippen LogP contribution in [0, 0.1) is 22.7 Å². The van der Waals surface area contributed by atoms with Gasteiger partial charge in [-0.1, -0.05) is 59.6 Å². The molecule has 344 valence electrons. The fraction of sp³-hybridized carbons (Fsp3) is 0.250. The summed E-state index contributed by atoms with van der Waals surface area (Å²) < 4.78 is 24.4. The summed E-state index contributed by atoms with van der Waals surface area (Å²) in [5.41, 5.74) is 5.98. The molecule has 0 aliphatic heterocycles. The van der Waals surface area contributed by atoms with Gasteiger partial charge in [-0.25, -0.2) is 0 Å². The molecule has 0 aliphatic carbocycles. The van der Waals surface area contributed by atoms with Crippen molar-refractivity contribution in [2.24, 2.45) is 0 Å². The van der Waals surface area contributed by atoms with Crippen molar-refractivity contribution in [3.05, 3.63) is 152 Å².